The van der Waals surface area contributed by atoms with E-state index in [0.29, 0.717) is 31.0 Å². The Morgan fingerprint density at radius 2 is 2.08 bits per heavy atom. The van der Waals surface area contributed by atoms with Crippen LogP contribution in [0, 0.1) is 5.82 Å². The van der Waals surface area contributed by atoms with Crippen LogP contribution in [0.2, 0.25) is 0 Å². The molecule has 25 heavy (non-hydrogen) atoms. The molecule has 6 heteroatoms. The summed E-state index contributed by atoms with van der Waals surface area (Å²) in [6, 6.07) is 15.0. The van der Waals surface area contributed by atoms with Gasteiger partial charge in [-0.3, -0.25) is 0 Å². The summed E-state index contributed by atoms with van der Waals surface area (Å²) in [7, 11) is 0. The minimum absolute atomic E-state index is 0.246. The summed E-state index contributed by atoms with van der Waals surface area (Å²) >= 11 is 0. The first-order valence-electron chi connectivity index (χ1n) is 8.23. The number of halogens is 1. The molecule has 0 amide bonds. The molecule has 1 fully saturated rings. The number of ether oxygens (including phenoxy) is 1. The van der Waals surface area contributed by atoms with Crippen LogP contribution >= 0.6 is 0 Å². The largest absolute Gasteiger partial charge is 0.489 e. The average molecular weight is 339 g/mol. The van der Waals surface area contributed by atoms with Crippen LogP contribution in [0.4, 0.5) is 4.39 Å². The molecule has 1 aromatic heterocycles. The lowest BCUT2D eigenvalue weighted by molar-refractivity contribution is 0.305. The van der Waals surface area contributed by atoms with Gasteiger partial charge in [-0.05, 0) is 41.8 Å². The first kappa shape index (κ1) is 15.8. The minimum atomic E-state index is -0.246. The van der Waals surface area contributed by atoms with E-state index in [1.54, 1.807) is 6.07 Å². The SMILES string of the molecule is Fc1cccc(COc2ccc([C@@H]3C[C@H]3NCc3nnco3)cc2)c1. The van der Waals surface area contributed by atoms with Crippen molar-refractivity contribution in [3.8, 4) is 5.75 Å². The van der Waals surface area contributed by atoms with Gasteiger partial charge in [0.25, 0.3) is 0 Å². The summed E-state index contributed by atoms with van der Waals surface area (Å²) < 4.78 is 24.0. The van der Waals surface area contributed by atoms with Crippen LogP contribution < -0.4 is 10.1 Å². The number of hydrogen-bond donors (Lipinski definition) is 1. The zero-order valence-electron chi connectivity index (χ0n) is 13.6. The molecule has 1 N–H and O–H groups in total. The summed E-state index contributed by atoms with van der Waals surface area (Å²) in [5.41, 5.74) is 2.10. The van der Waals surface area contributed by atoms with E-state index in [1.165, 1.54) is 24.1 Å². The summed E-state index contributed by atoms with van der Waals surface area (Å²) in [4.78, 5) is 0. The predicted molar refractivity (Wildman–Crippen MR) is 89.5 cm³/mol. The Labute approximate surface area is 144 Å². The fourth-order valence-electron chi connectivity index (χ4n) is 2.89. The Morgan fingerprint density at radius 1 is 1.20 bits per heavy atom. The quantitative estimate of drug-likeness (QED) is 0.714. The van der Waals surface area contributed by atoms with E-state index in [2.05, 4.69) is 27.6 Å². The second-order valence-corrected chi connectivity index (χ2v) is 6.15. The van der Waals surface area contributed by atoms with E-state index in [0.717, 1.165) is 17.7 Å². The molecule has 0 aliphatic heterocycles. The molecular formula is C19H18FN3O2. The van der Waals surface area contributed by atoms with Gasteiger partial charge in [0.2, 0.25) is 12.3 Å². The van der Waals surface area contributed by atoms with Crippen LogP contribution in [0.15, 0.2) is 59.3 Å². The third-order valence-corrected chi connectivity index (χ3v) is 4.31. The number of benzene rings is 2. The van der Waals surface area contributed by atoms with Gasteiger partial charge in [-0.25, -0.2) is 4.39 Å². The van der Waals surface area contributed by atoms with Crippen LogP contribution in [0.1, 0.15) is 29.4 Å². The van der Waals surface area contributed by atoms with E-state index in [4.69, 9.17) is 9.15 Å². The van der Waals surface area contributed by atoms with Crippen LogP contribution in [-0.4, -0.2) is 16.2 Å². The molecule has 4 rings (SSSR count). The van der Waals surface area contributed by atoms with E-state index in [-0.39, 0.29) is 5.82 Å². The minimum Gasteiger partial charge on any atom is -0.489 e. The van der Waals surface area contributed by atoms with Crippen molar-refractivity contribution in [2.45, 2.75) is 31.5 Å². The standard InChI is InChI=1S/C19H18FN3O2/c20-15-3-1-2-13(8-15)11-24-16-6-4-14(5-7-16)17-9-18(17)21-10-19-23-22-12-25-19/h1-8,12,17-18,21H,9-11H2/t17-,18+/m0/s1. The van der Waals surface area contributed by atoms with Crippen LogP contribution in [-0.2, 0) is 13.2 Å². The lowest BCUT2D eigenvalue weighted by Crippen LogP contribution is -2.17. The number of nitrogens with zero attached hydrogens (tertiary/aromatic N) is 2. The summed E-state index contributed by atoms with van der Waals surface area (Å²) in [5.74, 6) is 1.64. The van der Waals surface area contributed by atoms with E-state index in [9.17, 15) is 4.39 Å². The molecule has 1 aliphatic carbocycles. The molecule has 2 aromatic carbocycles. The third kappa shape index (κ3) is 4.03. The molecule has 1 saturated carbocycles. The smallest absolute Gasteiger partial charge is 0.229 e. The van der Waals surface area contributed by atoms with Crippen molar-refractivity contribution >= 4 is 0 Å². The second kappa shape index (κ2) is 7.03. The molecule has 0 radical (unpaired) electrons. The maximum absolute atomic E-state index is 13.2. The molecule has 5 nitrogen and oxygen atoms in total. The summed E-state index contributed by atoms with van der Waals surface area (Å²) in [6.45, 7) is 0.949. The summed E-state index contributed by atoms with van der Waals surface area (Å²) in [6.07, 6.45) is 2.43. The highest BCUT2D eigenvalue weighted by atomic mass is 19.1. The van der Waals surface area contributed by atoms with Crippen LogP contribution in [0.5, 0.6) is 5.75 Å². The first-order chi connectivity index (χ1) is 12.3. The van der Waals surface area contributed by atoms with E-state index >= 15 is 0 Å². The Morgan fingerprint density at radius 3 is 2.84 bits per heavy atom. The van der Waals surface area contributed by atoms with Gasteiger partial charge in [0.05, 0.1) is 6.54 Å². The maximum Gasteiger partial charge on any atom is 0.229 e. The number of aromatic nitrogens is 2. The molecule has 0 bridgehead atoms. The van der Waals surface area contributed by atoms with Crippen molar-refractivity contribution in [2.24, 2.45) is 0 Å². The number of hydrogen-bond acceptors (Lipinski definition) is 5. The highest BCUT2D eigenvalue weighted by Crippen LogP contribution is 2.41. The molecule has 0 unspecified atom stereocenters. The van der Waals surface area contributed by atoms with Crippen LogP contribution in [0.25, 0.3) is 0 Å². The first-order valence-corrected chi connectivity index (χ1v) is 8.23. The lowest BCUT2D eigenvalue weighted by atomic mass is 10.1. The summed E-state index contributed by atoms with van der Waals surface area (Å²) in [5, 5.41) is 10.9. The Balaban J connectivity index is 1.27. The van der Waals surface area contributed by atoms with Gasteiger partial charge >= 0.3 is 0 Å². The van der Waals surface area contributed by atoms with Gasteiger partial charge in [0.1, 0.15) is 18.2 Å². The predicted octanol–water partition coefficient (Wildman–Crippen LogP) is 3.43. The number of nitrogens with one attached hydrogen (secondary N) is 1. The van der Waals surface area contributed by atoms with Crippen molar-refractivity contribution in [3.63, 3.8) is 0 Å². The highest BCUT2D eigenvalue weighted by Gasteiger charge is 2.37. The van der Waals surface area contributed by atoms with Crippen molar-refractivity contribution in [1.82, 2.24) is 15.5 Å². The van der Waals surface area contributed by atoms with Crippen molar-refractivity contribution in [2.75, 3.05) is 0 Å². The van der Waals surface area contributed by atoms with Gasteiger partial charge in [-0.1, -0.05) is 24.3 Å². The van der Waals surface area contributed by atoms with Crippen LogP contribution in [0.3, 0.4) is 0 Å². The third-order valence-electron chi connectivity index (χ3n) is 4.31. The Hall–Kier alpha value is -2.73. The van der Waals surface area contributed by atoms with Gasteiger partial charge in [-0.15, -0.1) is 10.2 Å². The molecule has 3 aromatic rings. The molecule has 2 atom stereocenters. The number of rotatable bonds is 7. The van der Waals surface area contributed by atoms with E-state index in [1.807, 2.05) is 18.2 Å². The molecule has 1 aliphatic rings. The monoisotopic (exact) mass is 339 g/mol. The Kier molecular flexibility index (Phi) is 4.43. The van der Waals surface area contributed by atoms with Gasteiger partial charge in [0, 0.05) is 12.0 Å². The topological polar surface area (TPSA) is 60.2 Å². The zero-order valence-corrected chi connectivity index (χ0v) is 13.6. The molecule has 0 saturated heterocycles. The van der Waals surface area contributed by atoms with Crippen molar-refractivity contribution in [3.05, 3.63) is 77.8 Å². The zero-order chi connectivity index (χ0) is 17.1. The molecule has 128 valence electrons. The van der Waals surface area contributed by atoms with Gasteiger partial charge < -0.3 is 14.5 Å². The highest BCUT2D eigenvalue weighted by molar-refractivity contribution is 5.34. The molecule has 0 spiro atoms. The lowest BCUT2D eigenvalue weighted by Gasteiger charge is -2.08. The normalized spacial score (nSPS) is 18.9. The molecule has 1 heterocycles. The van der Waals surface area contributed by atoms with Crippen molar-refractivity contribution in [1.29, 1.82) is 0 Å². The van der Waals surface area contributed by atoms with E-state index < -0.39 is 0 Å². The fourth-order valence-corrected chi connectivity index (χ4v) is 2.89. The second-order valence-electron chi connectivity index (χ2n) is 6.15. The van der Waals surface area contributed by atoms with Crippen molar-refractivity contribution < 1.29 is 13.5 Å². The fraction of sp³-hybridized carbons (Fsp3) is 0.263. The van der Waals surface area contributed by atoms with Gasteiger partial charge in [-0.2, -0.15) is 0 Å². The average Bonchev–Trinajstić information content (AvgIpc) is 3.22. The van der Waals surface area contributed by atoms with Gasteiger partial charge in [0.15, 0.2) is 0 Å². The maximum atomic E-state index is 13.2. The molecular weight excluding hydrogens is 321 g/mol. The Bertz CT molecular complexity index is 821.